The molecule has 0 heterocycles. The molecule has 1 fully saturated rings. The second-order valence-corrected chi connectivity index (χ2v) is 4.35. The van der Waals surface area contributed by atoms with Crippen molar-refractivity contribution in [2.24, 2.45) is 5.92 Å². The summed E-state index contributed by atoms with van der Waals surface area (Å²) in [5.41, 5.74) is 0.295. The molecule has 1 aliphatic rings. The Bertz CT molecular complexity index is 358. The molecule has 0 radical (unpaired) electrons. The van der Waals surface area contributed by atoms with Gasteiger partial charge in [-0.05, 0) is 19.8 Å². The van der Waals surface area contributed by atoms with Crippen LogP contribution in [-0.4, -0.2) is 30.9 Å². The molecule has 0 aliphatic heterocycles. The van der Waals surface area contributed by atoms with Gasteiger partial charge in [0.2, 0.25) is 0 Å². The van der Waals surface area contributed by atoms with Gasteiger partial charge in [-0.1, -0.05) is 13.0 Å². The van der Waals surface area contributed by atoms with Gasteiger partial charge in [0.25, 0.3) is 0 Å². The smallest absolute Gasteiger partial charge is 0.333 e. The lowest BCUT2D eigenvalue weighted by atomic mass is 9.88. The monoisotopic (exact) mass is 254 g/mol. The summed E-state index contributed by atoms with van der Waals surface area (Å²) >= 11 is 0. The van der Waals surface area contributed by atoms with Crippen molar-refractivity contribution < 1.29 is 23.9 Å². The minimum Gasteiger partial charge on any atom is -0.462 e. The fourth-order valence-electron chi connectivity index (χ4n) is 1.73. The van der Waals surface area contributed by atoms with Crippen molar-refractivity contribution in [1.82, 2.24) is 0 Å². The molecule has 0 aromatic heterocycles. The second kappa shape index (κ2) is 6.93. The van der Waals surface area contributed by atoms with Crippen LogP contribution in [0.2, 0.25) is 0 Å². The number of hydrogen-bond acceptors (Lipinski definition) is 5. The fraction of sp³-hybridized carbons (Fsp3) is 0.615. The van der Waals surface area contributed by atoms with E-state index in [2.05, 4.69) is 6.58 Å². The number of rotatable bonds is 5. The van der Waals surface area contributed by atoms with Gasteiger partial charge >= 0.3 is 11.9 Å². The summed E-state index contributed by atoms with van der Waals surface area (Å²) in [6, 6.07) is 0. The topological polar surface area (TPSA) is 69.7 Å². The van der Waals surface area contributed by atoms with Crippen molar-refractivity contribution in [2.75, 3.05) is 13.2 Å². The highest BCUT2D eigenvalue weighted by molar-refractivity contribution is 5.99. The van der Waals surface area contributed by atoms with Crippen LogP contribution >= 0.6 is 0 Å². The van der Waals surface area contributed by atoms with Crippen LogP contribution in [0, 0.1) is 5.92 Å². The van der Waals surface area contributed by atoms with E-state index in [9.17, 15) is 14.4 Å². The summed E-state index contributed by atoms with van der Waals surface area (Å²) < 4.78 is 9.68. The zero-order valence-electron chi connectivity index (χ0n) is 10.6. The van der Waals surface area contributed by atoms with E-state index in [4.69, 9.17) is 9.47 Å². The Labute approximate surface area is 106 Å². The molecule has 5 heteroatoms. The molecular weight excluding hydrogens is 236 g/mol. The number of carbonyl (C=O) groups is 3. The average Bonchev–Trinajstić information content (AvgIpc) is 2.34. The minimum absolute atomic E-state index is 0.0155. The van der Waals surface area contributed by atoms with E-state index in [-0.39, 0.29) is 19.0 Å². The Morgan fingerprint density at radius 2 is 1.94 bits per heavy atom. The second-order valence-electron chi connectivity index (χ2n) is 4.35. The normalized spacial score (nSPS) is 19.2. The molecule has 0 aromatic carbocycles. The zero-order valence-corrected chi connectivity index (χ0v) is 10.6. The van der Waals surface area contributed by atoms with Crippen LogP contribution in [0.25, 0.3) is 0 Å². The van der Waals surface area contributed by atoms with Gasteiger partial charge in [-0.3, -0.25) is 9.59 Å². The van der Waals surface area contributed by atoms with E-state index < -0.39 is 17.9 Å². The highest BCUT2D eigenvalue weighted by Gasteiger charge is 2.30. The molecule has 0 saturated heterocycles. The third kappa shape index (κ3) is 4.31. The molecule has 1 aliphatic carbocycles. The molecular formula is C13H18O5. The molecule has 18 heavy (non-hydrogen) atoms. The van der Waals surface area contributed by atoms with Crippen molar-refractivity contribution in [1.29, 1.82) is 0 Å². The molecule has 100 valence electrons. The predicted octanol–water partition coefficient (Wildman–Crippen LogP) is 1.41. The highest BCUT2D eigenvalue weighted by Crippen LogP contribution is 2.21. The number of ether oxygens (including phenoxy) is 2. The van der Waals surface area contributed by atoms with Gasteiger partial charge in [0.05, 0.1) is 0 Å². The quantitative estimate of drug-likeness (QED) is 0.321. The summed E-state index contributed by atoms with van der Waals surface area (Å²) in [7, 11) is 0. The molecule has 1 unspecified atom stereocenters. The first kappa shape index (κ1) is 14.4. The largest absolute Gasteiger partial charge is 0.462 e. The van der Waals surface area contributed by atoms with Gasteiger partial charge < -0.3 is 9.47 Å². The first-order chi connectivity index (χ1) is 8.52. The Hall–Kier alpha value is -1.65. The maximum absolute atomic E-state index is 11.6. The molecule has 0 aromatic rings. The van der Waals surface area contributed by atoms with Crippen molar-refractivity contribution in [3.05, 3.63) is 12.2 Å². The Kier molecular flexibility index (Phi) is 5.55. The summed E-state index contributed by atoms with van der Waals surface area (Å²) in [5, 5.41) is 0. The third-order valence-electron chi connectivity index (χ3n) is 2.75. The van der Waals surface area contributed by atoms with E-state index >= 15 is 0 Å². The average molecular weight is 254 g/mol. The number of ketones is 1. The van der Waals surface area contributed by atoms with Gasteiger partial charge in [0, 0.05) is 12.0 Å². The third-order valence-corrected chi connectivity index (χ3v) is 2.75. The lowest BCUT2D eigenvalue weighted by molar-refractivity contribution is -0.157. The predicted molar refractivity (Wildman–Crippen MR) is 63.7 cm³/mol. The van der Waals surface area contributed by atoms with Crippen LogP contribution < -0.4 is 0 Å². The summed E-state index contributed by atoms with van der Waals surface area (Å²) in [6.45, 7) is 4.92. The van der Waals surface area contributed by atoms with Gasteiger partial charge in [0.1, 0.15) is 24.9 Å². The maximum atomic E-state index is 11.6. The zero-order chi connectivity index (χ0) is 13.5. The summed E-state index contributed by atoms with van der Waals surface area (Å²) in [6.07, 6.45) is 2.72. The van der Waals surface area contributed by atoms with Crippen LogP contribution in [0.4, 0.5) is 0 Å². The molecule has 0 N–H and O–H groups in total. The number of Topliss-reactive ketones (excluding diaryl/α,β-unsaturated/α-hetero) is 1. The van der Waals surface area contributed by atoms with E-state index in [1.165, 1.54) is 6.92 Å². The van der Waals surface area contributed by atoms with Crippen molar-refractivity contribution in [3.63, 3.8) is 0 Å². The number of esters is 2. The Morgan fingerprint density at radius 1 is 1.28 bits per heavy atom. The minimum atomic E-state index is -0.629. The van der Waals surface area contributed by atoms with Crippen LogP contribution in [0.15, 0.2) is 12.2 Å². The van der Waals surface area contributed by atoms with Crippen LogP contribution in [0.1, 0.15) is 32.6 Å². The van der Waals surface area contributed by atoms with Crippen molar-refractivity contribution in [2.45, 2.75) is 32.6 Å². The van der Waals surface area contributed by atoms with Crippen LogP contribution in [0.3, 0.4) is 0 Å². The standard InChI is InChI=1S/C13H18O5/c1-9(2)12(15)17-7-8-18-13(16)10-5-3-4-6-11(10)14/h10H,1,3-8H2,2H3. The van der Waals surface area contributed by atoms with Crippen LogP contribution in [0.5, 0.6) is 0 Å². The number of hydrogen-bond donors (Lipinski definition) is 0. The van der Waals surface area contributed by atoms with Gasteiger partial charge in [0.15, 0.2) is 0 Å². The summed E-state index contributed by atoms with van der Waals surface area (Å²) in [4.78, 5) is 34.1. The fourth-order valence-corrected chi connectivity index (χ4v) is 1.73. The SMILES string of the molecule is C=C(C)C(=O)OCCOC(=O)C1CCCCC1=O. The lowest BCUT2D eigenvalue weighted by Crippen LogP contribution is -2.29. The molecule has 5 nitrogen and oxygen atoms in total. The maximum Gasteiger partial charge on any atom is 0.333 e. The van der Waals surface area contributed by atoms with E-state index in [0.717, 1.165) is 12.8 Å². The van der Waals surface area contributed by atoms with Crippen molar-refractivity contribution >= 4 is 17.7 Å². The Balaban J connectivity index is 2.22. The molecule has 1 saturated carbocycles. The lowest BCUT2D eigenvalue weighted by Gasteiger charge is -2.18. The summed E-state index contributed by atoms with van der Waals surface area (Å²) in [5.74, 6) is -1.70. The highest BCUT2D eigenvalue weighted by atomic mass is 16.6. The molecule has 0 amide bonds. The molecule has 0 spiro atoms. The number of carbonyl (C=O) groups excluding carboxylic acids is 3. The first-order valence-electron chi connectivity index (χ1n) is 6.04. The Morgan fingerprint density at radius 3 is 2.56 bits per heavy atom. The first-order valence-corrected chi connectivity index (χ1v) is 6.04. The van der Waals surface area contributed by atoms with E-state index in [0.29, 0.717) is 18.4 Å². The molecule has 1 atom stereocenters. The van der Waals surface area contributed by atoms with Crippen LogP contribution in [-0.2, 0) is 23.9 Å². The van der Waals surface area contributed by atoms with E-state index in [1.807, 2.05) is 0 Å². The van der Waals surface area contributed by atoms with Gasteiger partial charge in [-0.2, -0.15) is 0 Å². The molecule has 1 rings (SSSR count). The molecule has 0 bridgehead atoms. The van der Waals surface area contributed by atoms with Gasteiger partial charge in [-0.15, -0.1) is 0 Å². The van der Waals surface area contributed by atoms with Crippen molar-refractivity contribution in [3.8, 4) is 0 Å². The van der Waals surface area contributed by atoms with E-state index in [1.54, 1.807) is 0 Å². The van der Waals surface area contributed by atoms with Gasteiger partial charge in [-0.25, -0.2) is 4.79 Å².